The van der Waals surface area contributed by atoms with Gasteiger partial charge >= 0.3 is 0 Å². The van der Waals surface area contributed by atoms with Crippen molar-refractivity contribution in [3.8, 4) is 0 Å². The normalized spacial score (nSPS) is 20.3. The summed E-state index contributed by atoms with van der Waals surface area (Å²) in [4.78, 5) is 16.5. The number of benzene rings is 1. The van der Waals surface area contributed by atoms with Crippen LogP contribution in [0.3, 0.4) is 0 Å². The first-order valence-electron chi connectivity index (χ1n) is 7.05. The van der Waals surface area contributed by atoms with Crippen molar-refractivity contribution in [3.05, 3.63) is 29.8 Å². The number of carbonyl (C=O) groups is 1. The lowest BCUT2D eigenvalue weighted by Gasteiger charge is -2.39. The van der Waals surface area contributed by atoms with Gasteiger partial charge in [-0.1, -0.05) is 12.1 Å². The molecule has 0 aromatic heterocycles. The molecular weight excluding hydrogens is 238 g/mol. The van der Waals surface area contributed by atoms with Crippen molar-refractivity contribution in [2.24, 2.45) is 5.92 Å². The van der Waals surface area contributed by atoms with Crippen LogP contribution in [-0.2, 0) is 4.79 Å². The second kappa shape index (κ2) is 5.21. The smallest absolute Gasteiger partial charge is 0.228 e. The predicted molar refractivity (Wildman–Crippen MR) is 76.3 cm³/mol. The van der Waals surface area contributed by atoms with Crippen LogP contribution in [0.15, 0.2) is 24.3 Å². The van der Waals surface area contributed by atoms with Gasteiger partial charge in [0.1, 0.15) is 0 Å². The van der Waals surface area contributed by atoms with E-state index in [0.717, 1.165) is 39.3 Å². The molecule has 1 aromatic rings. The van der Waals surface area contributed by atoms with Crippen LogP contribution in [0.4, 0.5) is 5.69 Å². The fourth-order valence-corrected chi connectivity index (χ4v) is 2.73. The lowest BCUT2D eigenvalue weighted by molar-refractivity contribution is -0.137. The van der Waals surface area contributed by atoms with Crippen LogP contribution in [0.1, 0.15) is 5.56 Å². The van der Waals surface area contributed by atoms with Gasteiger partial charge in [-0.25, -0.2) is 0 Å². The third-order valence-electron chi connectivity index (χ3n) is 4.09. The molecule has 4 nitrogen and oxygen atoms in total. The average Bonchev–Trinajstić information content (AvgIpc) is 2.37. The number of nitrogens with zero attached hydrogens (tertiary/aromatic N) is 2. The highest BCUT2D eigenvalue weighted by Gasteiger charge is 2.30. The highest BCUT2D eigenvalue weighted by Crippen LogP contribution is 2.19. The Hall–Kier alpha value is -1.55. The van der Waals surface area contributed by atoms with Crippen molar-refractivity contribution in [1.82, 2.24) is 10.2 Å². The molecule has 2 saturated heterocycles. The van der Waals surface area contributed by atoms with Gasteiger partial charge in [0.05, 0.1) is 5.92 Å². The third kappa shape index (κ3) is 2.59. The lowest BCUT2D eigenvalue weighted by atomic mass is 10.0. The summed E-state index contributed by atoms with van der Waals surface area (Å²) in [5, 5.41) is 3.16. The highest BCUT2D eigenvalue weighted by atomic mass is 16.2. The van der Waals surface area contributed by atoms with E-state index < -0.39 is 0 Å². The van der Waals surface area contributed by atoms with Gasteiger partial charge in [-0.2, -0.15) is 0 Å². The maximum Gasteiger partial charge on any atom is 0.228 e. The fraction of sp³-hybridized carbons (Fsp3) is 0.533. The van der Waals surface area contributed by atoms with Crippen molar-refractivity contribution in [1.29, 1.82) is 0 Å². The second-order valence-corrected chi connectivity index (χ2v) is 5.51. The highest BCUT2D eigenvalue weighted by molar-refractivity contribution is 5.80. The van der Waals surface area contributed by atoms with Crippen LogP contribution >= 0.6 is 0 Å². The topological polar surface area (TPSA) is 35.6 Å². The Balaban J connectivity index is 1.58. The SMILES string of the molecule is Cc1cccc(N2CCN(C(=O)C3CNC3)CC2)c1. The average molecular weight is 259 g/mol. The Kier molecular flexibility index (Phi) is 3.42. The molecule has 0 bridgehead atoms. The number of amides is 1. The van der Waals surface area contributed by atoms with Gasteiger partial charge < -0.3 is 15.1 Å². The summed E-state index contributed by atoms with van der Waals surface area (Å²) in [6.07, 6.45) is 0. The first-order valence-corrected chi connectivity index (χ1v) is 7.05. The summed E-state index contributed by atoms with van der Waals surface area (Å²) in [5.74, 6) is 0.563. The van der Waals surface area contributed by atoms with Gasteiger partial charge in [-0.3, -0.25) is 4.79 Å². The Morgan fingerprint density at radius 3 is 2.53 bits per heavy atom. The monoisotopic (exact) mass is 259 g/mol. The van der Waals surface area contributed by atoms with E-state index in [1.807, 2.05) is 4.90 Å². The Morgan fingerprint density at radius 2 is 1.95 bits per heavy atom. The molecule has 102 valence electrons. The minimum atomic E-state index is 0.227. The Bertz CT molecular complexity index is 462. The zero-order chi connectivity index (χ0) is 13.2. The minimum absolute atomic E-state index is 0.227. The van der Waals surface area contributed by atoms with E-state index in [9.17, 15) is 4.79 Å². The molecule has 0 atom stereocenters. The molecule has 2 aliphatic rings. The zero-order valence-corrected chi connectivity index (χ0v) is 11.4. The molecule has 0 saturated carbocycles. The van der Waals surface area contributed by atoms with E-state index in [0.29, 0.717) is 5.91 Å². The van der Waals surface area contributed by atoms with E-state index in [1.54, 1.807) is 0 Å². The molecule has 3 rings (SSSR count). The van der Waals surface area contributed by atoms with Gasteiger partial charge in [0.15, 0.2) is 0 Å². The molecule has 4 heteroatoms. The van der Waals surface area contributed by atoms with Gasteiger partial charge in [0.2, 0.25) is 5.91 Å². The van der Waals surface area contributed by atoms with Crippen molar-refractivity contribution >= 4 is 11.6 Å². The van der Waals surface area contributed by atoms with E-state index >= 15 is 0 Å². The molecule has 0 unspecified atom stereocenters. The molecule has 1 N–H and O–H groups in total. The minimum Gasteiger partial charge on any atom is -0.368 e. The number of hydrogen-bond donors (Lipinski definition) is 1. The number of rotatable bonds is 2. The van der Waals surface area contributed by atoms with E-state index in [4.69, 9.17) is 0 Å². The van der Waals surface area contributed by atoms with Crippen molar-refractivity contribution < 1.29 is 4.79 Å². The van der Waals surface area contributed by atoms with Gasteiger partial charge in [-0.05, 0) is 24.6 Å². The van der Waals surface area contributed by atoms with Crippen LogP contribution < -0.4 is 10.2 Å². The summed E-state index contributed by atoms with van der Waals surface area (Å²) in [5.41, 5.74) is 2.56. The molecule has 0 radical (unpaired) electrons. The van der Waals surface area contributed by atoms with Crippen LogP contribution in [0.2, 0.25) is 0 Å². The number of anilines is 1. The number of aryl methyl sites for hydroxylation is 1. The van der Waals surface area contributed by atoms with Crippen LogP contribution in [0, 0.1) is 12.8 Å². The Labute approximate surface area is 114 Å². The maximum absolute atomic E-state index is 12.1. The van der Waals surface area contributed by atoms with E-state index in [1.165, 1.54) is 11.3 Å². The van der Waals surface area contributed by atoms with Gasteiger partial charge in [0, 0.05) is 45.0 Å². The molecule has 2 heterocycles. The van der Waals surface area contributed by atoms with Crippen molar-refractivity contribution in [2.75, 3.05) is 44.2 Å². The number of piperazine rings is 1. The number of hydrogen-bond acceptors (Lipinski definition) is 3. The maximum atomic E-state index is 12.1. The Morgan fingerprint density at radius 1 is 1.21 bits per heavy atom. The fourth-order valence-electron chi connectivity index (χ4n) is 2.73. The summed E-state index contributed by atoms with van der Waals surface area (Å²) >= 11 is 0. The summed E-state index contributed by atoms with van der Waals surface area (Å²) in [6, 6.07) is 8.59. The van der Waals surface area contributed by atoms with Crippen molar-refractivity contribution in [3.63, 3.8) is 0 Å². The number of carbonyl (C=O) groups excluding carboxylic acids is 1. The molecule has 0 spiro atoms. The first kappa shape index (κ1) is 12.5. The molecule has 2 aliphatic heterocycles. The standard InChI is InChI=1S/C15H21N3O/c1-12-3-2-4-14(9-12)17-5-7-18(8-6-17)15(19)13-10-16-11-13/h2-4,9,13,16H,5-8,10-11H2,1H3. The quantitative estimate of drug-likeness (QED) is 0.856. The molecular formula is C15H21N3O. The van der Waals surface area contributed by atoms with Crippen LogP contribution in [0.25, 0.3) is 0 Å². The third-order valence-corrected chi connectivity index (χ3v) is 4.09. The van der Waals surface area contributed by atoms with Crippen molar-refractivity contribution in [2.45, 2.75) is 6.92 Å². The largest absolute Gasteiger partial charge is 0.368 e. The predicted octanol–water partition coefficient (Wildman–Crippen LogP) is 0.863. The van der Waals surface area contributed by atoms with Gasteiger partial charge in [-0.15, -0.1) is 0 Å². The first-order chi connectivity index (χ1) is 9.24. The lowest BCUT2D eigenvalue weighted by Crippen LogP contribution is -2.56. The molecule has 1 amide bonds. The number of nitrogens with one attached hydrogen (secondary N) is 1. The second-order valence-electron chi connectivity index (χ2n) is 5.51. The zero-order valence-electron chi connectivity index (χ0n) is 11.4. The molecule has 0 aliphatic carbocycles. The molecule has 2 fully saturated rings. The van der Waals surface area contributed by atoms with E-state index in [-0.39, 0.29) is 5.92 Å². The van der Waals surface area contributed by atoms with Crippen LogP contribution in [0.5, 0.6) is 0 Å². The van der Waals surface area contributed by atoms with Crippen LogP contribution in [-0.4, -0.2) is 50.1 Å². The molecule has 1 aromatic carbocycles. The van der Waals surface area contributed by atoms with E-state index in [2.05, 4.69) is 41.4 Å². The summed E-state index contributed by atoms with van der Waals surface area (Å²) < 4.78 is 0. The molecule has 19 heavy (non-hydrogen) atoms. The van der Waals surface area contributed by atoms with Gasteiger partial charge in [0.25, 0.3) is 0 Å². The summed E-state index contributed by atoms with van der Waals surface area (Å²) in [7, 11) is 0. The summed E-state index contributed by atoms with van der Waals surface area (Å²) in [6.45, 7) is 7.41.